The summed E-state index contributed by atoms with van der Waals surface area (Å²) in [5, 5.41) is 0.754. The highest BCUT2D eigenvalue weighted by molar-refractivity contribution is 7.48. The molecule has 0 aromatic heterocycles. The zero-order valence-electron chi connectivity index (χ0n) is 14.3. The molecule has 0 radical (unpaired) electrons. The third kappa shape index (κ3) is 6.05. The Balaban J connectivity index is 0.000000243. The van der Waals surface area contributed by atoms with Gasteiger partial charge in [-0.25, -0.2) is 0 Å². The van der Waals surface area contributed by atoms with Crippen molar-refractivity contribution in [1.29, 1.82) is 0 Å². The van der Waals surface area contributed by atoms with Gasteiger partial charge in [0.25, 0.3) is 5.52 Å². The Morgan fingerprint density at radius 3 is 2.08 bits per heavy atom. The van der Waals surface area contributed by atoms with E-state index < -0.39 is 16.5 Å². The van der Waals surface area contributed by atoms with E-state index in [1.165, 1.54) is 0 Å². The highest BCUT2D eigenvalue weighted by Crippen LogP contribution is 2.21. The molecule has 126 valence electrons. The predicted octanol–water partition coefficient (Wildman–Crippen LogP) is 5.13. The van der Waals surface area contributed by atoms with E-state index in [4.69, 9.17) is 4.52 Å². The van der Waals surface area contributed by atoms with Gasteiger partial charge in [0.2, 0.25) is 13.8 Å². The summed E-state index contributed by atoms with van der Waals surface area (Å²) in [4.78, 5) is 11.2. The topological polar surface area (TPSA) is 60.4 Å². The van der Waals surface area contributed by atoms with Crippen LogP contribution >= 0.6 is 16.5 Å². The summed E-state index contributed by atoms with van der Waals surface area (Å²) in [7, 11) is -2.06. The largest absolute Gasteiger partial charge is 0.548 e. The van der Waals surface area contributed by atoms with E-state index in [0.29, 0.717) is 12.2 Å². The lowest BCUT2D eigenvalue weighted by atomic mass is 10.0. The number of benzene rings is 2. The first-order chi connectivity index (χ1) is 11.4. The highest BCUT2D eigenvalue weighted by Gasteiger charge is 2.19. The number of aryl methyl sites for hydroxylation is 3. The first kappa shape index (κ1) is 20.3. The maximum atomic E-state index is 11.2. The van der Waals surface area contributed by atoms with Crippen LogP contribution in [0.2, 0.25) is 0 Å². The maximum Gasteiger partial charge on any atom is 0.548 e. The average molecular weight is 363 g/mol. The van der Waals surface area contributed by atoms with Crippen molar-refractivity contribution < 1.29 is 18.4 Å². The second kappa shape index (κ2) is 10.2. The van der Waals surface area contributed by atoms with Crippen LogP contribution in [0.1, 0.15) is 34.0 Å². The standard InChI is InChI=1S/C10H11O2P.C8H10O2P/c1-6-4-7(2)9(8(3)5-6)10(11)13-12;1-2-10-11(9)8-6-4-3-5-7-8/h4-5H,1-3H3;3-7H,2H2,1H3/q;+1. The van der Waals surface area contributed by atoms with Gasteiger partial charge in [-0.15, -0.1) is 4.52 Å². The van der Waals surface area contributed by atoms with Crippen LogP contribution in [0.3, 0.4) is 0 Å². The smallest absolute Gasteiger partial charge is 0.280 e. The van der Waals surface area contributed by atoms with Crippen LogP contribution in [0.25, 0.3) is 0 Å². The van der Waals surface area contributed by atoms with Crippen LogP contribution in [0.15, 0.2) is 42.5 Å². The van der Waals surface area contributed by atoms with E-state index in [9.17, 15) is 13.9 Å². The van der Waals surface area contributed by atoms with E-state index in [2.05, 4.69) is 0 Å². The molecule has 4 nitrogen and oxygen atoms in total. The minimum absolute atomic E-state index is 0.338. The van der Waals surface area contributed by atoms with Crippen molar-refractivity contribution in [2.45, 2.75) is 27.7 Å². The number of hydrogen-bond donors (Lipinski definition) is 0. The molecule has 0 spiro atoms. The molecule has 0 amide bonds. The zero-order valence-corrected chi connectivity index (χ0v) is 16.1. The first-order valence-corrected chi connectivity index (χ1v) is 9.50. The Bertz CT molecular complexity index is 704. The average Bonchev–Trinajstić information content (AvgIpc) is 2.55. The van der Waals surface area contributed by atoms with Crippen molar-refractivity contribution in [3.05, 3.63) is 64.7 Å². The predicted molar refractivity (Wildman–Crippen MR) is 97.9 cm³/mol. The van der Waals surface area contributed by atoms with E-state index in [0.717, 1.165) is 22.0 Å². The fourth-order valence-electron chi connectivity index (χ4n) is 2.30. The molecule has 0 aliphatic heterocycles. The summed E-state index contributed by atoms with van der Waals surface area (Å²) in [6, 6.07) is 13.0. The monoisotopic (exact) mass is 363 g/mol. The van der Waals surface area contributed by atoms with Crippen LogP contribution in [0.5, 0.6) is 0 Å². The third-order valence-corrected chi connectivity index (χ3v) is 4.79. The summed E-state index contributed by atoms with van der Waals surface area (Å²) in [5.74, 6) is 0. The molecule has 2 aromatic carbocycles. The zero-order chi connectivity index (χ0) is 18.1. The van der Waals surface area contributed by atoms with E-state index in [-0.39, 0.29) is 5.52 Å². The van der Waals surface area contributed by atoms with Gasteiger partial charge in [-0.1, -0.05) is 35.9 Å². The van der Waals surface area contributed by atoms with Gasteiger partial charge in [0.05, 0.1) is 0 Å². The minimum Gasteiger partial charge on any atom is -0.280 e. The molecule has 0 bridgehead atoms. The Labute approximate surface area is 145 Å². The molecule has 0 N–H and O–H groups in total. The second-order valence-corrected chi connectivity index (χ2v) is 7.06. The van der Waals surface area contributed by atoms with Crippen molar-refractivity contribution in [2.24, 2.45) is 0 Å². The number of carbonyl (C=O) groups is 1. The van der Waals surface area contributed by atoms with Gasteiger partial charge < -0.3 is 0 Å². The number of rotatable bonds is 5. The lowest BCUT2D eigenvalue weighted by molar-refractivity contribution is 0.108. The Morgan fingerprint density at radius 2 is 1.62 bits per heavy atom. The van der Waals surface area contributed by atoms with Gasteiger partial charge in [0, 0.05) is 5.56 Å². The molecule has 0 fully saturated rings. The van der Waals surface area contributed by atoms with Crippen LogP contribution in [0.4, 0.5) is 0 Å². The molecule has 0 aliphatic rings. The lowest BCUT2D eigenvalue weighted by Crippen LogP contribution is -1.98. The molecule has 1 atom stereocenters. The summed E-state index contributed by atoms with van der Waals surface area (Å²) < 4.78 is 26.6. The second-order valence-electron chi connectivity index (χ2n) is 5.18. The molecule has 6 heteroatoms. The van der Waals surface area contributed by atoms with E-state index >= 15 is 0 Å². The first-order valence-electron chi connectivity index (χ1n) is 7.51. The van der Waals surface area contributed by atoms with Gasteiger partial charge in [-0.2, -0.15) is 0 Å². The molecule has 0 heterocycles. The SMILES string of the molecule is CCO[P+](=O)c1ccccc1.Cc1cc(C)c(C(=O)P=O)c(C)c1. The summed E-state index contributed by atoms with van der Waals surface area (Å²) in [6.45, 7) is 8.01. The Hall–Kier alpha value is -1.73. The molecule has 2 rings (SSSR count). The van der Waals surface area contributed by atoms with Gasteiger partial charge >= 0.3 is 8.03 Å². The van der Waals surface area contributed by atoms with Gasteiger partial charge in [0.1, 0.15) is 6.61 Å². The molecule has 24 heavy (non-hydrogen) atoms. The van der Waals surface area contributed by atoms with Crippen molar-refractivity contribution in [3.63, 3.8) is 0 Å². The summed E-state index contributed by atoms with van der Waals surface area (Å²) in [5.41, 5.74) is 3.16. The van der Waals surface area contributed by atoms with Crippen LogP contribution in [-0.2, 0) is 13.7 Å². The van der Waals surface area contributed by atoms with Crippen LogP contribution in [0, 0.1) is 20.8 Å². The lowest BCUT2D eigenvalue weighted by Gasteiger charge is -2.06. The number of hydrogen-bond acceptors (Lipinski definition) is 4. The maximum absolute atomic E-state index is 11.2. The van der Waals surface area contributed by atoms with E-state index in [1.54, 1.807) is 12.1 Å². The molecular weight excluding hydrogens is 342 g/mol. The summed E-state index contributed by atoms with van der Waals surface area (Å²) >= 11 is 0. The molecule has 0 saturated heterocycles. The van der Waals surface area contributed by atoms with Crippen LogP contribution < -0.4 is 5.30 Å². The van der Waals surface area contributed by atoms with Gasteiger partial charge in [-0.3, -0.25) is 9.36 Å². The quantitative estimate of drug-likeness (QED) is 0.691. The fraction of sp³-hybridized carbons (Fsp3) is 0.278. The van der Waals surface area contributed by atoms with Crippen molar-refractivity contribution >= 4 is 27.3 Å². The molecule has 2 aromatic rings. The van der Waals surface area contributed by atoms with Crippen molar-refractivity contribution in [3.8, 4) is 0 Å². The Kier molecular flexibility index (Phi) is 8.63. The van der Waals surface area contributed by atoms with Gasteiger partial charge in [-0.05, 0) is 55.5 Å². The number of carbonyl (C=O) groups excluding carboxylic acids is 1. The molecule has 0 saturated carbocycles. The summed E-state index contributed by atoms with van der Waals surface area (Å²) in [6.07, 6.45) is 0. The normalized spacial score (nSPS) is 10.8. The Morgan fingerprint density at radius 1 is 1.08 bits per heavy atom. The fourth-order valence-corrected chi connectivity index (χ4v) is 3.55. The highest BCUT2D eigenvalue weighted by atomic mass is 31.1. The third-order valence-electron chi connectivity index (χ3n) is 3.19. The molecule has 0 aliphatic carbocycles. The van der Waals surface area contributed by atoms with Crippen molar-refractivity contribution in [2.75, 3.05) is 6.61 Å². The molecule has 1 unspecified atom stereocenters. The van der Waals surface area contributed by atoms with Crippen molar-refractivity contribution in [1.82, 2.24) is 0 Å². The van der Waals surface area contributed by atoms with E-state index in [1.807, 2.05) is 58.0 Å². The van der Waals surface area contributed by atoms with Gasteiger partial charge in [0.15, 0.2) is 0 Å². The minimum atomic E-state index is -1.63. The molecular formula is C18H21O4P2+. The van der Waals surface area contributed by atoms with Crippen LogP contribution in [-0.4, -0.2) is 12.1 Å².